The maximum Gasteiger partial charge on any atom is 0.336 e. The van der Waals surface area contributed by atoms with Crippen molar-refractivity contribution in [3.05, 3.63) is 164 Å². The van der Waals surface area contributed by atoms with Crippen LogP contribution in [0.15, 0.2) is 115 Å². The Morgan fingerprint density at radius 1 is 0.544 bits per heavy atom. The van der Waals surface area contributed by atoms with Crippen LogP contribution in [0.5, 0.6) is 69.0 Å². The summed E-state index contributed by atoms with van der Waals surface area (Å²) in [6.45, 7) is 0. The number of phenolic OH excluding ortho intramolecular Hbond substituents is 6. The summed E-state index contributed by atoms with van der Waals surface area (Å²) in [6, 6.07) is 5.96. The molecule has 0 saturated heterocycles. The van der Waals surface area contributed by atoms with E-state index in [1.54, 1.807) is 0 Å². The lowest BCUT2D eigenvalue weighted by molar-refractivity contribution is -0.143. The Kier molecular flexibility index (Phi) is 16.0. The number of ether oxygens (including phenoxy) is 3. The predicted molar refractivity (Wildman–Crippen MR) is 310 cm³/mol. The first-order valence-electron chi connectivity index (χ1n) is 26.6. The number of halogens is 2. The monoisotopic (exact) mass is 1290 g/mol. The Labute approximate surface area is 516 Å². The Morgan fingerprint density at radius 3 is 1.84 bits per heavy atom. The number of rotatable bonds is 3. The van der Waals surface area contributed by atoms with E-state index in [0.717, 1.165) is 92.0 Å². The first-order chi connectivity index (χ1) is 42.6. The molecule has 464 valence electrons. The second kappa shape index (κ2) is 23.5. The molecule has 0 aliphatic carbocycles. The number of carbonyl (C=O) groups excluding carboxylic acids is 6. The molecule has 8 atom stereocenters. The molecule has 0 spiro atoms. The fourth-order valence-electron chi connectivity index (χ4n) is 10.7. The molecule has 6 heterocycles. The van der Waals surface area contributed by atoms with Crippen molar-refractivity contribution in [1.82, 2.24) is 36.2 Å². The summed E-state index contributed by atoms with van der Waals surface area (Å²) in [5.74, 6) is -16.7. The number of likely N-dealkylation sites (N-methyl/N-ethyl adjacent to an activating group) is 1. The molecule has 0 aromatic heterocycles. The Bertz CT molecular complexity index is 4350. The third-order valence-electron chi connectivity index (χ3n) is 15.1. The number of aliphatic hydroxyl groups excluding tert-OH is 1. The number of phenols is 6. The van der Waals surface area contributed by atoms with Crippen molar-refractivity contribution >= 4 is 74.9 Å². The average molecular weight is 1290 g/mol. The van der Waals surface area contributed by atoms with E-state index in [2.05, 4.69) is 31.9 Å². The SMILES string of the molecule is CN(C1C(=O)NC2Cc3ccc(cc3)Oc3cc4cc(c3O)Oc3ccc(cc3Cl)C(O)C3NC(=O)C(NC(=O)C4NC(=O)C(NC2=O)c2cc(cc(O)c2Cl)Oc2cc1ccc2O)c1ccc(O)c(c1)-c1c(O)cc(O)cc1C(C(=O)O)NC3=O)S(=O)(=O)O. The number of carboxylic acid groups (broad SMARTS) is 1. The molecule has 6 aliphatic heterocycles. The molecule has 8 unspecified atom stereocenters. The molecule has 6 amide bonds. The van der Waals surface area contributed by atoms with E-state index in [4.69, 9.17) is 37.4 Å². The summed E-state index contributed by atoms with van der Waals surface area (Å²) < 4.78 is 54.4. The summed E-state index contributed by atoms with van der Waals surface area (Å²) in [6.07, 6.45) is -2.64. The van der Waals surface area contributed by atoms with Gasteiger partial charge in [-0.2, -0.15) is 12.7 Å². The minimum atomic E-state index is -5.25. The number of aromatic hydroxyl groups is 6. The molecule has 31 heteroatoms. The Morgan fingerprint density at radius 2 is 1.16 bits per heavy atom. The van der Waals surface area contributed by atoms with Crippen molar-refractivity contribution in [3.8, 4) is 80.1 Å². The maximum absolute atomic E-state index is 15.8. The molecule has 13 rings (SSSR count). The lowest BCUT2D eigenvalue weighted by Crippen LogP contribution is -2.55. The van der Waals surface area contributed by atoms with Crippen LogP contribution in [0.4, 0.5) is 0 Å². The number of fused-ring (bicyclic) bond motifs is 14. The van der Waals surface area contributed by atoms with Gasteiger partial charge in [0.25, 0.3) is 0 Å². The number of aliphatic carboxylic acids is 1. The van der Waals surface area contributed by atoms with Gasteiger partial charge in [-0.05, 0) is 101 Å². The Hall–Kier alpha value is -10.6. The largest absolute Gasteiger partial charge is 0.508 e. The molecule has 7 aromatic rings. The van der Waals surface area contributed by atoms with E-state index in [1.807, 2.05) is 0 Å². The van der Waals surface area contributed by atoms with E-state index in [-0.39, 0.29) is 48.6 Å². The molecule has 28 nitrogen and oxygen atoms in total. The lowest BCUT2D eigenvalue weighted by atomic mass is 9.89. The topological polar surface area (TPSA) is 439 Å². The summed E-state index contributed by atoms with van der Waals surface area (Å²) in [5.41, 5.74) is -2.89. The van der Waals surface area contributed by atoms with Crippen molar-refractivity contribution in [2.24, 2.45) is 0 Å². The smallest absolute Gasteiger partial charge is 0.336 e. The highest BCUT2D eigenvalue weighted by Crippen LogP contribution is 2.48. The van der Waals surface area contributed by atoms with Gasteiger partial charge in [-0.1, -0.05) is 53.5 Å². The minimum Gasteiger partial charge on any atom is -0.508 e. The van der Waals surface area contributed by atoms with E-state index in [0.29, 0.717) is 0 Å². The fourth-order valence-corrected chi connectivity index (χ4v) is 11.6. The van der Waals surface area contributed by atoms with Crippen LogP contribution in [0, 0.1) is 0 Å². The Balaban J connectivity index is 1.14. The van der Waals surface area contributed by atoms with Crippen LogP contribution in [0.1, 0.15) is 75.3 Å². The van der Waals surface area contributed by atoms with Crippen molar-refractivity contribution in [2.45, 2.75) is 54.8 Å². The van der Waals surface area contributed by atoms with Gasteiger partial charge in [0.2, 0.25) is 41.2 Å². The molecular weight excluding hydrogens is 1250 g/mol. The zero-order valence-electron chi connectivity index (χ0n) is 45.8. The summed E-state index contributed by atoms with van der Waals surface area (Å²) in [4.78, 5) is 104. The zero-order valence-corrected chi connectivity index (χ0v) is 48.2. The highest BCUT2D eigenvalue weighted by Gasteiger charge is 2.42. The lowest BCUT2D eigenvalue weighted by Gasteiger charge is -2.31. The third kappa shape index (κ3) is 11.7. The van der Waals surface area contributed by atoms with E-state index in [1.165, 1.54) is 30.3 Å². The van der Waals surface area contributed by atoms with Crippen LogP contribution >= 0.6 is 23.2 Å². The van der Waals surface area contributed by atoms with Crippen molar-refractivity contribution in [3.63, 3.8) is 0 Å². The van der Waals surface area contributed by atoms with E-state index < -0.39 is 191 Å². The van der Waals surface area contributed by atoms with Crippen LogP contribution in [-0.2, 0) is 50.3 Å². The molecule has 0 radical (unpaired) electrons. The van der Waals surface area contributed by atoms with Gasteiger partial charge >= 0.3 is 16.3 Å². The van der Waals surface area contributed by atoms with Crippen molar-refractivity contribution in [2.75, 3.05) is 7.05 Å². The maximum atomic E-state index is 15.8. The van der Waals surface area contributed by atoms with Gasteiger partial charge in [0.1, 0.15) is 82.6 Å². The summed E-state index contributed by atoms with van der Waals surface area (Å²) >= 11 is 13.6. The van der Waals surface area contributed by atoms with E-state index >= 15 is 19.2 Å². The quantitative estimate of drug-likeness (QED) is 0.106. The first-order valence-corrected chi connectivity index (χ1v) is 28.7. The minimum absolute atomic E-state index is 0.0500. The molecule has 90 heavy (non-hydrogen) atoms. The highest BCUT2D eigenvalue weighted by atomic mass is 35.5. The molecule has 7 aromatic carbocycles. The number of hydrogen-bond acceptors (Lipinski definition) is 19. The number of hydrogen-bond donors (Lipinski definition) is 15. The molecule has 0 saturated carbocycles. The van der Waals surface area contributed by atoms with Gasteiger partial charge in [-0.15, -0.1) is 0 Å². The number of aliphatic hydroxyl groups is 1. The number of nitrogens with zero attached hydrogens (tertiary/aromatic N) is 1. The van der Waals surface area contributed by atoms with Gasteiger partial charge in [-0.3, -0.25) is 33.3 Å². The number of carbonyl (C=O) groups is 7. The number of amides is 6. The predicted octanol–water partition coefficient (Wildman–Crippen LogP) is 4.76. The van der Waals surface area contributed by atoms with Crippen LogP contribution in [0.2, 0.25) is 10.0 Å². The van der Waals surface area contributed by atoms with Crippen LogP contribution in [-0.4, -0.2) is 119 Å². The fraction of sp³-hybridized carbons (Fsp3) is 0.169. The van der Waals surface area contributed by atoms with Crippen LogP contribution in [0.25, 0.3) is 11.1 Å². The van der Waals surface area contributed by atoms with Crippen molar-refractivity contribution in [1.29, 1.82) is 0 Å². The number of carboxylic acids is 1. The molecule has 6 aliphatic rings. The van der Waals surface area contributed by atoms with Gasteiger partial charge in [0.15, 0.2) is 29.0 Å². The highest BCUT2D eigenvalue weighted by molar-refractivity contribution is 7.83. The normalized spacial score (nSPS) is 21.7. The first kappa shape index (κ1) is 61.1. The van der Waals surface area contributed by atoms with Crippen LogP contribution < -0.4 is 46.1 Å². The second-order valence-corrected chi connectivity index (χ2v) is 23.2. The van der Waals surface area contributed by atoms with Gasteiger partial charge in [-0.25, -0.2) is 4.79 Å². The standard InChI is InChI=1S/C59H47Cl2N7O21S/c1-68(90(84,85)86)50-24-5-10-36(71)40(15-24)88-29-20-32(44(61)38(73)21-29)47-56(79)64-46-26-16-41(87-28-7-2-22(3-8-28)12-34(53(76)65-47)62-58(50)81)52(75)42(17-26)89-39-11-6-25(14-33(39)60)51(74)49-57(80)66-48(59(82)83)31-18-27(69)19-37(72)43(31)30-13-23(4-9-35(30)70)45(54(77)67-49)63-55(46)78/h2-11,13-21,34,45-51,69-75H,12H2,1H3,(H,62,81)(H,63,78)(H,64,79)(H,65,76)(H,66,80)(H,67,77)(H,82,83)(H,84,85,86). The summed E-state index contributed by atoms with van der Waals surface area (Å²) in [7, 11) is -4.41. The van der Waals surface area contributed by atoms with Gasteiger partial charge in [0, 0.05) is 47.9 Å². The second-order valence-electron chi connectivity index (χ2n) is 21.0. The average Bonchev–Trinajstić information content (AvgIpc) is 0.820. The van der Waals surface area contributed by atoms with Crippen molar-refractivity contribution < 1.29 is 102 Å². The zero-order chi connectivity index (χ0) is 64.5. The third-order valence-corrected chi connectivity index (χ3v) is 16.8. The van der Waals surface area contributed by atoms with Gasteiger partial charge < -0.3 is 87.0 Å². The summed E-state index contributed by atoms with van der Waals surface area (Å²) in [5, 5.41) is 104. The molecule has 15 N–H and O–H groups in total. The number of benzene rings is 7. The van der Waals surface area contributed by atoms with Crippen LogP contribution in [0.3, 0.4) is 0 Å². The molecular formula is C59H47Cl2N7O21S. The number of nitrogens with one attached hydrogen (secondary N) is 6. The van der Waals surface area contributed by atoms with Gasteiger partial charge in [0.05, 0.1) is 10.0 Å². The molecule has 17 bridgehead atoms. The van der Waals surface area contributed by atoms with E-state index in [9.17, 15) is 68.2 Å². The molecule has 0 fully saturated rings.